The van der Waals surface area contributed by atoms with E-state index in [1.54, 1.807) is 12.1 Å². The number of nitrogens with zero attached hydrogens (tertiary/aromatic N) is 2. The number of benzene rings is 8. The van der Waals surface area contributed by atoms with Gasteiger partial charge < -0.3 is 0 Å². The van der Waals surface area contributed by atoms with Gasteiger partial charge >= 0.3 is 0 Å². The Kier molecular flexibility index (Phi) is 9.45. The van der Waals surface area contributed by atoms with Crippen LogP contribution in [-0.4, -0.2) is 11.6 Å². The monoisotopic (exact) mass is 758 g/mol. The Balaban J connectivity index is 1.31. The zero-order valence-corrected chi connectivity index (χ0v) is 32.2. The average Bonchev–Trinajstić information content (AvgIpc) is 3.28. The molecule has 8 aromatic rings. The lowest BCUT2D eigenvalue weighted by atomic mass is 9.82. The van der Waals surface area contributed by atoms with Crippen molar-refractivity contribution in [1.82, 2.24) is 0 Å². The first-order valence-corrected chi connectivity index (χ1v) is 22.0. The normalized spacial score (nSPS) is 12.4. The number of hydrogen-bond donors (Lipinski definition) is 0. The lowest BCUT2D eigenvalue weighted by Crippen LogP contribution is -2.26. The van der Waals surface area contributed by atoms with E-state index in [0.29, 0.717) is 33.6 Å². The Bertz CT molecular complexity index is 2420. The zero-order valence-electron chi connectivity index (χ0n) is 30.4. The Labute approximate surface area is 327 Å². The van der Waals surface area contributed by atoms with Crippen LogP contribution in [0.15, 0.2) is 228 Å². The van der Waals surface area contributed by atoms with E-state index in [0.717, 1.165) is 31.8 Å². The molecule has 0 saturated heterocycles. The van der Waals surface area contributed by atoms with Crippen molar-refractivity contribution in [2.75, 3.05) is 0 Å². The van der Waals surface area contributed by atoms with Gasteiger partial charge in [-0.2, -0.15) is 0 Å². The minimum Gasteiger partial charge on any atom is -0.288 e. The summed E-state index contributed by atoms with van der Waals surface area (Å²) in [6.07, 6.45) is 0. The van der Waals surface area contributed by atoms with Crippen LogP contribution in [0.25, 0.3) is 0 Å². The minimum absolute atomic E-state index is 0.235. The third-order valence-electron chi connectivity index (χ3n) is 10.3. The summed E-state index contributed by atoms with van der Waals surface area (Å²) in [6.45, 7) is 0. The maximum absolute atomic E-state index is 15.1. The second kappa shape index (κ2) is 15.0. The van der Waals surface area contributed by atoms with Crippen molar-refractivity contribution in [2.45, 2.75) is 0 Å². The molecule has 0 heterocycles. The highest BCUT2D eigenvalue weighted by atomic mass is 31.2. The highest BCUT2D eigenvalue weighted by Gasteiger charge is 2.37. The van der Waals surface area contributed by atoms with Gasteiger partial charge in [-0.05, 0) is 12.1 Å². The number of ketones is 2. The van der Waals surface area contributed by atoms with Gasteiger partial charge in [0.1, 0.15) is 0 Å². The third kappa shape index (κ3) is 5.96. The summed E-state index contributed by atoms with van der Waals surface area (Å²) in [5, 5.41) is 6.30. The van der Waals surface area contributed by atoms with Crippen molar-refractivity contribution < 1.29 is 9.59 Å². The van der Waals surface area contributed by atoms with Gasteiger partial charge in [-0.1, -0.05) is 206 Å². The van der Waals surface area contributed by atoms with E-state index >= 15 is 9.59 Å². The molecule has 9 rings (SSSR count). The van der Waals surface area contributed by atoms with Gasteiger partial charge in [0, 0.05) is 43.0 Å². The van der Waals surface area contributed by atoms with E-state index in [1.165, 1.54) is 0 Å². The highest BCUT2D eigenvalue weighted by Crippen LogP contribution is 2.53. The molecular weight excluding hydrogens is 723 g/mol. The summed E-state index contributed by atoms with van der Waals surface area (Å²) in [6, 6.07) is 72.8. The second-order valence-corrected chi connectivity index (χ2v) is 19.6. The predicted octanol–water partition coefficient (Wildman–Crippen LogP) is 10.1. The fourth-order valence-electron chi connectivity index (χ4n) is 7.80. The summed E-state index contributed by atoms with van der Waals surface area (Å²) >= 11 is 0. The van der Waals surface area contributed by atoms with Crippen LogP contribution in [0.3, 0.4) is 0 Å². The summed E-state index contributed by atoms with van der Waals surface area (Å²) in [4.78, 5) is 30.1. The Morgan fingerprint density at radius 2 is 0.500 bits per heavy atom. The Hall–Kier alpha value is -6.44. The molecule has 0 spiro atoms. The van der Waals surface area contributed by atoms with E-state index in [1.807, 2.05) is 133 Å². The Morgan fingerprint density at radius 1 is 0.268 bits per heavy atom. The van der Waals surface area contributed by atoms with Crippen molar-refractivity contribution in [3.05, 3.63) is 241 Å². The molecule has 6 heteroatoms. The van der Waals surface area contributed by atoms with E-state index in [4.69, 9.17) is 9.49 Å². The molecule has 0 saturated carbocycles. The van der Waals surface area contributed by atoms with Crippen molar-refractivity contribution in [3.63, 3.8) is 0 Å². The molecule has 0 aliphatic heterocycles. The smallest absolute Gasteiger partial charge is 0.196 e. The number of fused-ring (bicyclic) bond motifs is 2. The molecule has 1 aliphatic rings. The molecule has 4 nitrogen and oxygen atoms in total. The molecule has 0 bridgehead atoms. The summed E-state index contributed by atoms with van der Waals surface area (Å²) in [5.74, 6) is -0.470. The van der Waals surface area contributed by atoms with Crippen molar-refractivity contribution in [1.29, 1.82) is 0 Å². The fourth-order valence-corrected chi connectivity index (χ4v) is 14.9. The van der Waals surface area contributed by atoms with Gasteiger partial charge in [-0.3, -0.25) is 19.1 Å². The lowest BCUT2D eigenvalue weighted by Gasteiger charge is -2.29. The maximum atomic E-state index is 15.1. The van der Waals surface area contributed by atoms with Gasteiger partial charge in [-0.25, -0.2) is 0 Å². The van der Waals surface area contributed by atoms with Crippen LogP contribution in [0, 0.1) is 0 Å². The summed E-state index contributed by atoms with van der Waals surface area (Å²) in [5.41, 5.74) is 2.31. The third-order valence-corrected chi connectivity index (χ3v) is 17.6. The zero-order chi connectivity index (χ0) is 38.0. The van der Waals surface area contributed by atoms with Crippen LogP contribution in [0.1, 0.15) is 31.8 Å². The molecule has 0 atom stereocenters. The Morgan fingerprint density at radius 3 is 0.732 bits per heavy atom. The molecular formula is C50H36N2O2P2. The van der Waals surface area contributed by atoms with E-state index in [2.05, 4.69) is 72.8 Å². The van der Waals surface area contributed by atoms with Crippen molar-refractivity contribution in [2.24, 2.45) is 9.49 Å². The SMILES string of the molecule is O=C1c2cccc(N=P(c3ccccc3)(c3ccccc3)c3ccccc3)c2C(=O)c2cccc(N=P(c3ccccc3)(c3ccccc3)c3ccccc3)c21. The molecule has 8 aromatic carbocycles. The highest BCUT2D eigenvalue weighted by molar-refractivity contribution is 7.88. The van der Waals surface area contributed by atoms with Crippen molar-refractivity contribution >= 4 is 68.9 Å². The largest absolute Gasteiger partial charge is 0.288 e. The van der Waals surface area contributed by atoms with Crippen LogP contribution in [0.5, 0.6) is 0 Å². The standard InChI is InChI=1S/C50H36N2O2P2/c53-49-44-34-20-36-46(52-56(40-27-13-4-14-28-40,41-29-15-5-16-30-41)42-31-17-6-18-32-42)48(44)50(54)43-33-19-35-45(47(43)49)51-55(37-21-7-1-8-22-37,38-23-9-2-10-24-38)39-25-11-3-12-26-39/h1-36H. The minimum atomic E-state index is -2.74. The molecule has 56 heavy (non-hydrogen) atoms. The van der Waals surface area contributed by atoms with Crippen LogP contribution in [0.4, 0.5) is 11.4 Å². The number of hydrogen-bond acceptors (Lipinski definition) is 4. The molecule has 0 N–H and O–H groups in total. The van der Waals surface area contributed by atoms with Crippen LogP contribution >= 0.6 is 14.1 Å². The first-order chi connectivity index (χ1) is 27.6. The number of rotatable bonds is 8. The van der Waals surface area contributed by atoms with Crippen LogP contribution < -0.4 is 31.8 Å². The number of carbonyl (C=O) groups excluding carboxylic acids is 2. The van der Waals surface area contributed by atoms with E-state index in [-0.39, 0.29) is 11.6 Å². The molecule has 0 radical (unpaired) electrons. The van der Waals surface area contributed by atoms with Gasteiger partial charge in [0.25, 0.3) is 0 Å². The summed E-state index contributed by atoms with van der Waals surface area (Å²) < 4.78 is 11.4. The fraction of sp³-hybridized carbons (Fsp3) is 0. The van der Waals surface area contributed by atoms with Crippen LogP contribution in [-0.2, 0) is 0 Å². The van der Waals surface area contributed by atoms with E-state index < -0.39 is 14.1 Å². The lowest BCUT2D eigenvalue weighted by molar-refractivity contribution is 0.0980. The maximum Gasteiger partial charge on any atom is 0.196 e. The average molecular weight is 759 g/mol. The van der Waals surface area contributed by atoms with Gasteiger partial charge in [0.15, 0.2) is 11.6 Å². The first-order valence-electron chi connectivity index (χ1n) is 18.5. The van der Waals surface area contributed by atoms with Crippen molar-refractivity contribution in [3.8, 4) is 0 Å². The predicted molar refractivity (Wildman–Crippen MR) is 234 cm³/mol. The molecule has 268 valence electrons. The molecule has 0 unspecified atom stereocenters. The van der Waals surface area contributed by atoms with Crippen LogP contribution in [0.2, 0.25) is 0 Å². The topological polar surface area (TPSA) is 58.9 Å². The van der Waals surface area contributed by atoms with Gasteiger partial charge in [-0.15, -0.1) is 0 Å². The quantitative estimate of drug-likeness (QED) is 0.145. The van der Waals surface area contributed by atoms with Gasteiger partial charge in [0.05, 0.1) is 36.6 Å². The number of carbonyl (C=O) groups is 2. The first kappa shape index (κ1) is 35.3. The summed E-state index contributed by atoms with van der Waals surface area (Å²) in [7, 11) is -5.49. The molecule has 1 aliphatic carbocycles. The molecule has 0 aromatic heterocycles. The van der Waals surface area contributed by atoms with E-state index in [9.17, 15) is 0 Å². The second-order valence-electron chi connectivity index (χ2n) is 13.5. The molecule has 0 amide bonds. The van der Waals surface area contributed by atoms with Gasteiger partial charge in [0.2, 0.25) is 0 Å². The molecule has 0 fully saturated rings.